The van der Waals surface area contributed by atoms with E-state index in [2.05, 4.69) is 36.0 Å². The molecule has 0 spiro atoms. The van der Waals surface area contributed by atoms with Crippen molar-refractivity contribution in [2.24, 2.45) is 0 Å². The van der Waals surface area contributed by atoms with E-state index < -0.39 is 41.5 Å². The molecule has 0 aliphatic rings. The van der Waals surface area contributed by atoms with Gasteiger partial charge in [0, 0.05) is 25.5 Å². The molecule has 2 amide bonds. The predicted octanol–water partition coefficient (Wildman–Crippen LogP) is 5.91. The van der Waals surface area contributed by atoms with E-state index in [1.807, 2.05) is 0 Å². The molecule has 0 radical (unpaired) electrons. The first kappa shape index (κ1) is 31.3. The number of H-pyrrole nitrogens is 1. The lowest BCUT2D eigenvalue weighted by Gasteiger charge is -2.37. The van der Waals surface area contributed by atoms with E-state index in [-0.39, 0.29) is 24.1 Å². The molecule has 1 unspecified atom stereocenters. The molecule has 228 valence electrons. The third-order valence-corrected chi connectivity index (χ3v) is 6.60. The minimum atomic E-state index is -4.91. The standard InChI is InChI=1S/C29H28F6N6O2/c30-22-12-10-20(11-13-22)28(18-19-7-3-1-4-8-19,21-15-23(31)17-24(16-21)43-29(34,35)26(32)33)37-27(42)36-14-6-2-5-9-25-38-40-41-39-25/h1,3-4,7-8,10-13,15-17,26H,2,5-6,9,14,18H2,(H2,36,37,42)(H,38,39,40,41). The fourth-order valence-electron chi connectivity index (χ4n) is 4.58. The average Bonchev–Trinajstić information content (AvgIpc) is 3.48. The predicted molar refractivity (Wildman–Crippen MR) is 144 cm³/mol. The molecule has 0 saturated heterocycles. The number of halogens is 6. The molecular formula is C29H28F6N6O2. The number of nitrogens with one attached hydrogen (secondary N) is 3. The first-order valence-electron chi connectivity index (χ1n) is 13.3. The Bertz CT molecular complexity index is 1460. The van der Waals surface area contributed by atoms with Crippen molar-refractivity contribution in [2.45, 2.75) is 50.2 Å². The van der Waals surface area contributed by atoms with Crippen LogP contribution in [0, 0.1) is 11.6 Å². The molecule has 43 heavy (non-hydrogen) atoms. The number of urea groups is 1. The smallest absolute Gasteiger partial charge is 0.428 e. The summed E-state index contributed by atoms with van der Waals surface area (Å²) in [6.45, 7) is 0.251. The van der Waals surface area contributed by atoms with E-state index in [4.69, 9.17) is 0 Å². The Hall–Kier alpha value is -4.62. The Morgan fingerprint density at radius 3 is 2.33 bits per heavy atom. The molecule has 0 saturated carbocycles. The Morgan fingerprint density at radius 2 is 1.65 bits per heavy atom. The lowest BCUT2D eigenvalue weighted by molar-refractivity contribution is -0.253. The van der Waals surface area contributed by atoms with Crippen molar-refractivity contribution in [3.63, 3.8) is 0 Å². The van der Waals surface area contributed by atoms with Gasteiger partial charge in [0.25, 0.3) is 0 Å². The van der Waals surface area contributed by atoms with Crippen LogP contribution in [0.25, 0.3) is 0 Å². The van der Waals surface area contributed by atoms with Gasteiger partial charge in [-0.15, -0.1) is 10.2 Å². The number of amides is 2. The first-order valence-corrected chi connectivity index (χ1v) is 13.3. The zero-order valence-electron chi connectivity index (χ0n) is 22.7. The van der Waals surface area contributed by atoms with Crippen LogP contribution in [-0.2, 0) is 18.4 Å². The van der Waals surface area contributed by atoms with Crippen molar-refractivity contribution in [1.29, 1.82) is 0 Å². The van der Waals surface area contributed by atoms with Crippen molar-refractivity contribution >= 4 is 6.03 Å². The van der Waals surface area contributed by atoms with Gasteiger partial charge in [-0.1, -0.05) is 54.1 Å². The van der Waals surface area contributed by atoms with Crippen molar-refractivity contribution in [1.82, 2.24) is 31.3 Å². The van der Waals surface area contributed by atoms with Gasteiger partial charge in [0.2, 0.25) is 0 Å². The molecule has 1 aromatic heterocycles. The highest BCUT2D eigenvalue weighted by Crippen LogP contribution is 2.37. The fraction of sp³-hybridized carbons (Fsp3) is 0.310. The van der Waals surface area contributed by atoms with Crippen LogP contribution in [0.5, 0.6) is 5.75 Å². The summed E-state index contributed by atoms with van der Waals surface area (Å²) in [5.74, 6) is -1.99. The van der Waals surface area contributed by atoms with Crippen LogP contribution < -0.4 is 15.4 Å². The molecule has 0 aliphatic heterocycles. The summed E-state index contributed by atoms with van der Waals surface area (Å²) in [5, 5.41) is 19.2. The maximum Gasteiger partial charge on any atom is 0.461 e. The normalized spacial score (nSPS) is 13.0. The number of carbonyl (C=O) groups excluding carboxylic acids is 1. The minimum Gasteiger partial charge on any atom is -0.428 e. The van der Waals surface area contributed by atoms with E-state index in [1.54, 1.807) is 30.3 Å². The molecule has 0 bridgehead atoms. The van der Waals surface area contributed by atoms with Crippen molar-refractivity contribution in [2.75, 3.05) is 6.54 Å². The summed E-state index contributed by atoms with van der Waals surface area (Å²) < 4.78 is 86.4. The molecule has 3 aromatic carbocycles. The fourth-order valence-corrected chi connectivity index (χ4v) is 4.58. The number of carbonyl (C=O) groups is 1. The Balaban J connectivity index is 1.65. The van der Waals surface area contributed by atoms with Gasteiger partial charge in [0.15, 0.2) is 5.82 Å². The molecule has 14 heteroatoms. The number of hydrogen-bond donors (Lipinski definition) is 3. The Kier molecular flexibility index (Phi) is 10.2. The van der Waals surface area contributed by atoms with Crippen LogP contribution >= 0.6 is 0 Å². The van der Waals surface area contributed by atoms with Gasteiger partial charge >= 0.3 is 18.6 Å². The van der Waals surface area contributed by atoms with Crippen molar-refractivity contribution in [3.05, 3.63) is 107 Å². The third kappa shape index (κ3) is 8.46. The first-order chi connectivity index (χ1) is 20.6. The number of aryl methyl sites for hydroxylation is 1. The number of ether oxygens (including phenoxy) is 1. The van der Waals surface area contributed by atoms with Gasteiger partial charge in [0.05, 0.1) is 5.54 Å². The van der Waals surface area contributed by atoms with Crippen LogP contribution in [0.3, 0.4) is 0 Å². The number of nitrogens with zero attached hydrogens (tertiary/aromatic N) is 3. The lowest BCUT2D eigenvalue weighted by atomic mass is 9.77. The van der Waals surface area contributed by atoms with E-state index in [0.717, 1.165) is 37.1 Å². The number of unbranched alkanes of at least 4 members (excludes halogenated alkanes) is 2. The second-order valence-corrected chi connectivity index (χ2v) is 9.73. The summed E-state index contributed by atoms with van der Waals surface area (Å²) >= 11 is 0. The lowest BCUT2D eigenvalue weighted by Crippen LogP contribution is -2.52. The Labute approximate surface area is 242 Å². The largest absolute Gasteiger partial charge is 0.461 e. The number of rotatable bonds is 14. The molecule has 1 heterocycles. The number of alkyl halides is 4. The van der Waals surface area contributed by atoms with Gasteiger partial charge in [-0.3, -0.25) is 0 Å². The maximum atomic E-state index is 14.9. The van der Waals surface area contributed by atoms with Crippen LogP contribution in [0.2, 0.25) is 0 Å². The highest BCUT2D eigenvalue weighted by Gasteiger charge is 2.45. The quantitative estimate of drug-likeness (QED) is 0.122. The molecule has 4 rings (SSSR count). The van der Waals surface area contributed by atoms with Gasteiger partial charge in [-0.05, 0) is 53.8 Å². The second-order valence-electron chi connectivity index (χ2n) is 9.73. The number of aromatic amines is 1. The van der Waals surface area contributed by atoms with Gasteiger partial charge in [0.1, 0.15) is 17.4 Å². The highest BCUT2D eigenvalue weighted by atomic mass is 19.3. The highest BCUT2D eigenvalue weighted by molar-refractivity contribution is 5.76. The SMILES string of the molecule is O=C(NCCCCCc1nn[nH]n1)NC(Cc1ccccc1)(c1ccc(F)cc1)c1cc(F)cc(OC(F)(F)C(F)F)c1. The topological polar surface area (TPSA) is 105 Å². The zero-order chi connectivity index (χ0) is 30.9. The summed E-state index contributed by atoms with van der Waals surface area (Å²) in [6, 6.07) is 15.4. The summed E-state index contributed by atoms with van der Waals surface area (Å²) in [7, 11) is 0. The van der Waals surface area contributed by atoms with Gasteiger partial charge in [-0.2, -0.15) is 22.8 Å². The molecule has 1 atom stereocenters. The Morgan fingerprint density at radius 1 is 0.907 bits per heavy atom. The molecule has 8 nitrogen and oxygen atoms in total. The number of tetrazole rings is 1. The average molecular weight is 607 g/mol. The van der Waals surface area contributed by atoms with E-state index in [0.29, 0.717) is 30.3 Å². The van der Waals surface area contributed by atoms with Gasteiger partial charge < -0.3 is 15.4 Å². The van der Waals surface area contributed by atoms with E-state index in [1.165, 1.54) is 12.1 Å². The molecule has 0 fully saturated rings. The van der Waals surface area contributed by atoms with E-state index >= 15 is 0 Å². The molecule has 3 N–H and O–H groups in total. The zero-order valence-corrected chi connectivity index (χ0v) is 22.7. The number of aromatic nitrogens is 4. The summed E-state index contributed by atoms with van der Waals surface area (Å²) in [5.41, 5.74) is -0.875. The van der Waals surface area contributed by atoms with Crippen LogP contribution in [0.1, 0.15) is 41.8 Å². The number of hydrogen-bond acceptors (Lipinski definition) is 5. The van der Waals surface area contributed by atoms with E-state index in [9.17, 15) is 31.1 Å². The minimum absolute atomic E-state index is 0.0499. The third-order valence-electron chi connectivity index (χ3n) is 6.60. The van der Waals surface area contributed by atoms with Crippen LogP contribution in [0.15, 0.2) is 72.8 Å². The summed E-state index contributed by atoms with van der Waals surface area (Å²) in [4.78, 5) is 13.3. The van der Waals surface area contributed by atoms with Crippen molar-refractivity contribution < 1.29 is 35.9 Å². The summed E-state index contributed by atoms with van der Waals surface area (Å²) in [6.07, 6.45) is -6.47. The monoisotopic (exact) mass is 606 g/mol. The number of benzene rings is 3. The molecule has 0 aliphatic carbocycles. The molecule has 4 aromatic rings. The van der Waals surface area contributed by atoms with Crippen molar-refractivity contribution in [3.8, 4) is 5.75 Å². The maximum absolute atomic E-state index is 14.9. The molecular weight excluding hydrogens is 578 g/mol. The second kappa shape index (κ2) is 14.0. The van der Waals surface area contributed by atoms with Crippen LogP contribution in [-0.4, -0.2) is 45.7 Å². The van der Waals surface area contributed by atoms with Crippen LogP contribution in [0.4, 0.5) is 31.1 Å². The van der Waals surface area contributed by atoms with Gasteiger partial charge in [-0.25, -0.2) is 13.6 Å².